The predicted octanol–water partition coefficient (Wildman–Crippen LogP) is 3.84. The van der Waals surface area contributed by atoms with Gasteiger partial charge in [-0.1, -0.05) is 23.7 Å². The first-order valence-electron chi connectivity index (χ1n) is 10.1. The number of carbonyl (C=O) groups excluding carboxylic acids is 1. The summed E-state index contributed by atoms with van der Waals surface area (Å²) in [5.74, 6) is 1.22. The third kappa shape index (κ3) is 5.83. The summed E-state index contributed by atoms with van der Waals surface area (Å²) in [6, 6.07) is 10.5. The van der Waals surface area contributed by atoms with Gasteiger partial charge in [0, 0.05) is 18.0 Å². The molecular formula is C22H27ClN2O5S. The maximum absolute atomic E-state index is 12.4. The fraction of sp³-hybridized carbons (Fsp3) is 0.409. The van der Waals surface area contributed by atoms with Crippen molar-refractivity contribution >= 4 is 33.2 Å². The van der Waals surface area contributed by atoms with Crippen LogP contribution in [-0.2, 0) is 14.8 Å². The summed E-state index contributed by atoms with van der Waals surface area (Å²) in [6.07, 6.45) is 1.72. The molecule has 168 valence electrons. The predicted molar refractivity (Wildman–Crippen MR) is 122 cm³/mol. The molecule has 0 aromatic heterocycles. The minimum absolute atomic E-state index is 0.154. The number of anilines is 1. The van der Waals surface area contributed by atoms with Crippen LogP contribution in [-0.4, -0.2) is 40.3 Å². The second-order valence-corrected chi connectivity index (χ2v) is 9.83. The molecule has 0 saturated heterocycles. The maximum atomic E-state index is 12.4. The zero-order chi connectivity index (χ0) is 22.6. The average molecular weight is 467 g/mol. The molecule has 7 nitrogen and oxygen atoms in total. The number of benzene rings is 2. The van der Waals surface area contributed by atoms with E-state index >= 15 is 0 Å². The Morgan fingerprint density at radius 3 is 2.61 bits per heavy atom. The van der Waals surface area contributed by atoms with Crippen molar-refractivity contribution in [3.63, 3.8) is 0 Å². The van der Waals surface area contributed by atoms with Gasteiger partial charge in [0.2, 0.25) is 15.9 Å². The summed E-state index contributed by atoms with van der Waals surface area (Å²) >= 11 is 6.15. The van der Waals surface area contributed by atoms with Crippen molar-refractivity contribution in [1.29, 1.82) is 0 Å². The Hall–Kier alpha value is -2.45. The van der Waals surface area contributed by atoms with E-state index in [0.29, 0.717) is 47.4 Å². The van der Waals surface area contributed by atoms with Crippen molar-refractivity contribution < 1.29 is 22.7 Å². The standard InChI is InChI=1S/C22H27ClN2O5S/c1-15-18(23)6-4-7-19(15)25(31(3,27)28)11-5-8-22(26)24-16(2)17-9-10-20-21(14-17)30-13-12-29-20/h4,6-7,9-10,14,16H,5,8,11-13H2,1-3H3,(H,24,26)/t16-/m1/s1. The van der Waals surface area contributed by atoms with Crippen LogP contribution in [0.15, 0.2) is 36.4 Å². The molecule has 1 heterocycles. The molecule has 0 spiro atoms. The van der Waals surface area contributed by atoms with E-state index in [1.165, 1.54) is 4.31 Å². The number of ether oxygens (including phenoxy) is 2. The summed E-state index contributed by atoms with van der Waals surface area (Å²) in [5.41, 5.74) is 2.12. The number of hydrogen-bond donors (Lipinski definition) is 1. The fourth-order valence-electron chi connectivity index (χ4n) is 3.44. The van der Waals surface area contributed by atoms with Crippen molar-refractivity contribution in [2.75, 3.05) is 30.3 Å². The molecule has 0 bridgehead atoms. The highest BCUT2D eigenvalue weighted by molar-refractivity contribution is 7.92. The van der Waals surface area contributed by atoms with E-state index < -0.39 is 10.0 Å². The molecular weight excluding hydrogens is 440 g/mol. The molecule has 0 saturated carbocycles. The van der Waals surface area contributed by atoms with Crippen LogP contribution < -0.4 is 19.1 Å². The molecule has 0 unspecified atom stereocenters. The van der Waals surface area contributed by atoms with Gasteiger partial charge >= 0.3 is 0 Å². The first-order valence-corrected chi connectivity index (χ1v) is 12.3. The molecule has 1 amide bonds. The van der Waals surface area contributed by atoms with Gasteiger partial charge in [-0.3, -0.25) is 9.10 Å². The number of halogens is 1. The summed E-state index contributed by atoms with van der Waals surface area (Å²) < 4.78 is 37.0. The highest BCUT2D eigenvalue weighted by Gasteiger charge is 2.21. The van der Waals surface area contributed by atoms with Crippen LogP contribution in [0.4, 0.5) is 5.69 Å². The van der Waals surface area contributed by atoms with Gasteiger partial charge in [-0.15, -0.1) is 0 Å². The van der Waals surface area contributed by atoms with Crippen LogP contribution in [0, 0.1) is 6.92 Å². The van der Waals surface area contributed by atoms with Gasteiger partial charge in [0.25, 0.3) is 0 Å². The van der Waals surface area contributed by atoms with Gasteiger partial charge < -0.3 is 14.8 Å². The lowest BCUT2D eigenvalue weighted by Crippen LogP contribution is -2.33. The van der Waals surface area contributed by atoms with Crippen LogP contribution in [0.2, 0.25) is 5.02 Å². The van der Waals surface area contributed by atoms with Crippen LogP contribution in [0.1, 0.15) is 36.9 Å². The molecule has 1 aliphatic heterocycles. The van der Waals surface area contributed by atoms with E-state index in [4.69, 9.17) is 21.1 Å². The Balaban J connectivity index is 1.58. The molecule has 1 atom stereocenters. The topological polar surface area (TPSA) is 84.9 Å². The lowest BCUT2D eigenvalue weighted by Gasteiger charge is -2.24. The zero-order valence-electron chi connectivity index (χ0n) is 17.9. The molecule has 0 radical (unpaired) electrons. The van der Waals surface area contributed by atoms with Gasteiger partial charge in [0.15, 0.2) is 11.5 Å². The van der Waals surface area contributed by atoms with E-state index in [-0.39, 0.29) is 24.9 Å². The minimum atomic E-state index is -3.51. The Kier molecular flexibility index (Phi) is 7.33. The van der Waals surface area contributed by atoms with E-state index in [9.17, 15) is 13.2 Å². The van der Waals surface area contributed by atoms with Crippen LogP contribution in [0.25, 0.3) is 0 Å². The minimum Gasteiger partial charge on any atom is -0.486 e. The van der Waals surface area contributed by atoms with E-state index in [2.05, 4.69) is 5.32 Å². The lowest BCUT2D eigenvalue weighted by atomic mass is 10.1. The van der Waals surface area contributed by atoms with Gasteiger partial charge in [0.05, 0.1) is 18.0 Å². The van der Waals surface area contributed by atoms with E-state index in [1.807, 2.05) is 25.1 Å². The number of amides is 1. The van der Waals surface area contributed by atoms with Crippen molar-refractivity contribution in [3.05, 3.63) is 52.5 Å². The lowest BCUT2D eigenvalue weighted by molar-refractivity contribution is -0.121. The average Bonchev–Trinajstić information content (AvgIpc) is 2.72. The number of nitrogens with zero attached hydrogens (tertiary/aromatic N) is 1. The number of nitrogens with one attached hydrogen (secondary N) is 1. The smallest absolute Gasteiger partial charge is 0.232 e. The maximum Gasteiger partial charge on any atom is 0.232 e. The van der Waals surface area contributed by atoms with Gasteiger partial charge in [0.1, 0.15) is 13.2 Å². The monoisotopic (exact) mass is 466 g/mol. The Bertz CT molecular complexity index is 1060. The Morgan fingerprint density at radius 2 is 1.90 bits per heavy atom. The molecule has 2 aromatic carbocycles. The normalized spacial score (nSPS) is 14.1. The third-order valence-electron chi connectivity index (χ3n) is 5.12. The SMILES string of the molecule is Cc1c(Cl)cccc1N(CCCC(=O)N[C@H](C)c1ccc2c(c1)OCCO2)S(C)(=O)=O. The van der Waals surface area contributed by atoms with E-state index in [0.717, 1.165) is 11.8 Å². The summed E-state index contributed by atoms with van der Waals surface area (Å²) in [6.45, 7) is 4.88. The summed E-state index contributed by atoms with van der Waals surface area (Å²) in [4.78, 5) is 12.4. The van der Waals surface area contributed by atoms with Gasteiger partial charge in [-0.25, -0.2) is 8.42 Å². The second-order valence-electron chi connectivity index (χ2n) is 7.51. The largest absolute Gasteiger partial charge is 0.486 e. The Labute approximate surface area is 188 Å². The highest BCUT2D eigenvalue weighted by atomic mass is 35.5. The second kappa shape index (κ2) is 9.78. The summed E-state index contributed by atoms with van der Waals surface area (Å²) in [5, 5.41) is 3.45. The first kappa shape index (κ1) is 23.2. The van der Waals surface area contributed by atoms with Crippen molar-refractivity contribution in [3.8, 4) is 11.5 Å². The first-order chi connectivity index (χ1) is 14.7. The molecule has 3 rings (SSSR count). The molecule has 0 aliphatic carbocycles. The van der Waals surface area contributed by atoms with Crippen molar-refractivity contribution in [1.82, 2.24) is 5.32 Å². The van der Waals surface area contributed by atoms with Crippen LogP contribution in [0.3, 0.4) is 0 Å². The van der Waals surface area contributed by atoms with Crippen LogP contribution in [0.5, 0.6) is 11.5 Å². The molecule has 31 heavy (non-hydrogen) atoms. The van der Waals surface area contributed by atoms with E-state index in [1.54, 1.807) is 25.1 Å². The molecule has 2 aromatic rings. The quantitative estimate of drug-likeness (QED) is 0.638. The van der Waals surface area contributed by atoms with Crippen LogP contribution >= 0.6 is 11.6 Å². The number of carbonyl (C=O) groups is 1. The Morgan fingerprint density at radius 1 is 1.19 bits per heavy atom. The third-order valence-corrected chi connectivity index (χ3v) is 6.71. The number of rotatable bonds is 8. The van der Waals surface area contributed by atoms with Crippen molar-refractivity contribution in [2.45, 2.75) is 32.7 Å². The molecule has 9 heteroatoms. The molecule has 1 N–H and O–H groups in total. The zero-order valence-corrected chi connectivity index (χ0v) is 19.4. The summed E-state index contributed by atoms with van der Waals surface area (Å²) in [7, 11) is -3.51. The number of hydrogen-bond acceptors (Lipinski definition) is 5. The van der Waals surface area contributed by atoms with Gasteiger partial charge in [-0.2, -0.15) is 0 Å². The molecule has 0 fully saturated rings. The number of sulfonamides is 1. The van der Waals surface area contributed by atoms with Crippen molar-refractivity contribution in [2.24, 2.45) is 0 Å². The fourth-order valence-corrected chi connectivity index (χ4v) is 4.63. The molecule has 1 aliphatic rings. The van der Waals surface area contributed by atoms with Gasteiger partial charge in [-0.05, 0) is 55.7 Å². The highest BCUT2D eigenvalue weighted by Crippen LogP contribution is 2.32. The number of fused-ring (bicyclic) bond motifs is 1.